The minimum absolute atomic E-state index is 0.0871. The van der Waals surface area contributed by atoms with Crippen LogP contribution in [0.4, 0.5) is 0 Å². The van der Waals surface area contributed by atoms with Crippen LogP contribution in [0.3, 0.4) is 0 Å². The summed E-state index contributed by atoms with van der Waals surface area (Å²) in [6.45, 7) is 4.03. The first kappa shape index (κ1) is 17.7. The van der Waals surface area contributed by atoms with E-state index in [-0.39, 0.29) is 11.5 Å². The zero-order chi connectivity index (χ0) is 17.6. The number of amides is 1. The number of aromatic amines is 1. The van der Waals surface area contributed by atoms with Crippen LogP contribution in [0.25, 0.3) is 0 Å². The molecule has 1 saturated heterocycles. The predicted octanol–water partition coefficient (Wildman–Crippen LogP) is 1.06. The summed E-state index contributed by atoms with van der Waals surface area (Å²) >= 11 is 1.47. The Hall–Kier alpha value is -2.13. The number of H-pyrrole nitrogens is 1. The molecule has 0 spiro atoms. The molecule has 0 aromatic carbocycles. The quantitative estimate of drug-likeness (QED) is 0.519. The maximum Gasteiger partial charge on any atom is 0.349 e. The van der Waals surface area contributed by atoms with Crippen molar-refractivity contribution in [2.75, 3.05) is 25.4 Å². The summed E-state index contributed by atoms with van der Waals surface area (Å²) in [7, 11) is 0. The Kier molecular flexibility index (Phi) is 5.87. The highest BCUT2D eigenvalue weighted by atomic mass is 32.2. The molecule has 134 valence electrons. The van der Waals surface area contributed by atoms with Crippen LogP contribution in [0.1, 0.15) is 40.4 Å². The number of aryl methyl sites for hydroxylation is 1. The predicted molar refractivity (Wildman–Crippen MR) is 94.0 cm³/mol. The van der Waals surface area contributed by atoms with Crippen molar-refractivity contribution in [1.29, 1.82) is 0 Å². The van der Waals surface area contributed by atoms with E-state index in [1.54, 1.807) is 13.1 Å². The molecule has 0 saturated carbocycles. The van der Waals surface area contributed by atoms with Gasteiger partial charge in [-0.3, -0.25) is 4.79 Å². The van der Waals surface area contributed by atoms with Crippen molar-refractivity contribution in [2.45, 2.75) is 30.7 Å². The average molecular weight is 363 g/mol. The summed E-state index contributed by atoms with van der Waals surface area (Å²) in [5, 5.41) is 17.0. The highest BCUT2D eigenvalue weighted by Crippen LogP contribution is 2.25. The van der Waals surface area contributed by atoms with Crippen LogP contribution in [-0.2, 0) is 0 Å². The first-order chi connectivity index (χ1) is 12.1. The summed E-state index contributed by atoms with van der Waals surface area (Å²) < 4.78 is 5.44. The third-order valence-electron chi connectivity index (χ3n) is 4.17. The van der Waals surface area contributed by atoms with Gasteiger partial charge in [0, 0.05) is 18.2 Å². The minimum Gasteiger partial charge on any atom is -0.427 e. The number of nitrogens with zero attached hydrogens (tertiary/aromatic N) is 2. The van der Waals surface area contributed by atoms with E-state index in [0.717, 1.165) is 31.0 Å². The lowest BCUT2D eigenvalue weighted by Gasteiger charge is -2.21. The first-order valence-electron chi connectivity index (χ1n) is 8.27. The lowest BCUT2D eigenvalue weighted by Crippen LogP contribution is -2.32. The number of hydrogen-bond donors (Lipinski definition) is 3. The Morgan fingerprint density at radius 2 is 2.24 bits per heavy atom. The van der Waals surface area contributed by atoms with Crippen LogP contribution < -0.4 is 16.3 Å². The van der Waals surface area contributed by atoms with Crippen molar-refractivity contribution in [1.82, 2.24) is 26.0 Å². The summed E-state index contributed by atoms with van der Waals surface area (Å²) in [6, 6.07) is 1.83. The molecule has 0 bridgehead atoms. The van der Waals surface area contributed by atoms with Crippen molar-refractivity contribution in [3.8, 4) is 0 Å². The summed E-state index contributed by atoms with van der Waals surface area (Å²) in [4.78, 5) is 24.6. The number of thioether (sulfide) groups is 1. The van der Waals surface area contributed by atoms with E-state index >= 15 is 0 Å². The number of rotatable bonds is 6. The second-order valence-corrected chi connectivity index (χ2v) is 7.05. The molecular weight excluding hydrogens is 342 g/mol. The van der Waals surface area contributed by atoms with E-state index in [4.69, 9.17) is 4.42 Å². The van der Waals surface area contributed by atoms with Crippen molar-refractivity contribution in [2.24, 2.45) is 0 Å². The number of aromatic nitrogens is 3. The topological polar surface area (TPSA) is 113 Å². The molecule has 3 rings (SSSR count). The molecule has 1 aliphatic rings. The van der Waals surface area contributed by atoms with Gasteiger partial charge in [0.05, 0.1) is 6.20 Å². The fraction of sp³-hybridized carbons (Fsp3) is 0.500. The minimum atomic E-state index is -0.560. The molecule has 1 aliphatic heterocycles. The summed E-state index contributed by atoms with van der Waals surface area (Å²) in [6.07, 6.45) is 3.49. The van der Waals surface area contributed by atoms with Gasteiger partial charge in [0.25, 0.3) is 5.91 Å². The number of nitrogens with one attached hydrogen (secondary N) is 3. The molecule has 1 fully saturated rings. The standard InChI is InChI=1S/C16H21N5O3S/c1-10-8-12(11-2-4-17-5-3-11)24-16(23)14(10)15(22)18-6-7-25-13-9-19-21-20-13/h8-9,11,17H,2-7H2,1H3,(H,18,22)(H,19,20,21). The lowest BCUT2D eigenvalue weighted by atomic mass is 9.94. The van der Waals surface area contributed by atoms with Crippen LogP contribution in [0.2, 0.25) is 0 Å². The van der Waals surface area contributed by atoms with E-state index < -0.39 is 11.5 Å². The van der Waals surface area contributed by atoms with Crippen molar-refractivity contribution in [3.63, 3.8) is 0 Å². The van der Waals surface area contributed by atoms with E-state index in [2.05, 4.69) is 26.0 Å². The number of piperidine rings is 1. The fourth-order valence-electron chi connectivity index (χ4n) is 2.88. The van der Waals surface area contributed by atoms with E-state index in [1.807, 2.05) is 6.07 Å². The fourth-order valence-corrected chi connectivity index (χ4v) is 3.53. The van der Waals surface area contributed by atoms with Crippen LogP contribution >= 0.6 is 11.8 Å². The SMILES string of the molecule is Cc1cc(C2CCNCC2)oc(=O)c1C(=O)NCCSc1cn[nH]n1. The summed E-state index contributed by atoms with van der Waals surface area (Å²) in [5.74, 6) is 1.16. The number of carbonyl (C=O) groups excluding carboxylic acids is 1. The van der Waals surface area contributed by atoms with Gasteiger partial charge in [0.2, 0.25) is 0 Å². The molecule has 9 heteroatoms. The molecule has 8 nitrogen and oxygen atoms in total. The Labute approximate surface area is 149 Å². The van der Waals surface area contributed by atoms with Crippen LogP contribution in [0.15, 0.2) is 26.5 Å². The van der Waals surface area contributed by atoms with Gasteiger partial charge in [0.1, 0.15) is 16.3 Å². The lowest BCUT2D eigenvalue weighted by molar-refractivity contribution is 0.0951. The van der Waals surface area contributed by atoms with E-state index in [9.17, 15) is 9.59 Å². The first-order valence-corrected chi connectivity index (χ1v) is 9.26. The highest BCUT2D eigenvalue weighted by Gasteiger charge is 2.22. The largest absolute Gasteiger partial charge is 0.427 e. The number of hydrogen-bond acceptors (Lipinski definition) is 7. The number of carbonyl (C=O) groups is 1. The van der Waals surface area contributed by atoms with Crippen LogP contribution in [-0.4, -0.2) is 46.7 Å². The van der Waals surface area contributed by atoms with Gasteiger partial charge < -0.3 is 15.1 Å². The molecule has 3 N–H and O–H groups in total. The smallest absolute Gasteiger partial charge is 0.349 e. The van der Waals surface area contributed by atoms with Gasteiger partial charge in [-0.2, -0.15) is 10.3 Å². The molecule has 3 heterocycles. The maximum atomic E-state index is 12.3. The second kappa shape index (κ2) is 8.30. The third kappa shape index (κ3) is 4.49. The molecule has 1 amide bonds. The molecule has 0 aliphatic carbocycles. The Morgan fingerprint density at radius 1 is 1.44 bits per heavy atom. The average Bonchev–Trinajstić information content (AvgIpc) is 3.12. The Bertz CT molecular complexity index is 769. The molecule has 2 aromatic rings. The van der Waals surface area contributed by atoms with E-state index in [0.29, 0.717) is 23.6 Å². The summed E-state index contributed by atoms with van der Waals surface area (Å²) in [5.41, 5.74) is 0.186. The van der Waals surface area contributed by atoms with Gasteiger partial charge in [-0.05, 0) is 44.5 Å². The van der Waals surface area contributed by atoms with Crippen molar-refractivity contribution in [3.05, 3.63) is 39.6 Å². The highest BCUT2D eigenvalue weighted by molar-refractivity contribution is 7.99. The zero-order valence-electron chi connectivity index (χ0n) is 14.0. The zero-order valence-corrected chi connectivity index (χ0v) is 14.8. The van der Waals surface area contributed by atoms with Crippen molar-refractivity contribution < 1.29 is 9.21 Å². The van der Waals surface area contributed by atoms with Gasteiger partial charge in [-0.15, -0.1) is 16.9 Å². The van der Waals surface area contributed by atoms with Crippen LogP contribution in [0, 0.1) is 6.92 Å². The van der Waals surface area contributed by atoms with Gasteiger partial charge >= 0.3 is 5.63 Å². The second-order valence-electron chi connectivity index (χ2n) is 5.93. The van der Waals surface area contributed by atoms with Crippen molar-refractivity contribution >= 4 is 17.7 Å². The van der Waals surface area contributed by atoms with E-state index in [1.165, 1.54) is 11.8 Å². The monoisotopic (exact) mass is 363 g/mol. The Balaban J connectivity index is 1.60. The van der Waals surface area contributed by atoms with Gasteiger partial charge in [-0.1, -0.05) is 0 Å². The third-order valence-corrected chi connectivity index (χ3v) is 5.07. The maximum absolute atomic E-state index is 12.3. The molecule has 0 atom stereocenters. The molecule has 0 unspecified atom stereocenters. The van der Waals surface area contributed by atoms with Crippen LogP contribution in [0.5, 0.6) is 0 Å². The normalized spacial score (nSPS) is 15.2. The van der Waals surface area contributed by atoms with Gasteiger partial charge in [0.15, 0.2) is 0 Å². The molecule has 25 heavy (non-hydrogen) atoms. The van der Waals surface area contributed by atoms with Gasteiger partial charge in [-0.25, -0.2) is 4.79 Å². The molecule has 2 aromatic heterocycles. The molecular formula is C16H21N5O3S. The Morgan fingerprint density at radius 3 is 2.92 bits per heavy atom. The molecule has 0 radical (unpaired) electrons.